The van der Waals surface area contributed by atoms with E-state index in [4.69, 9.17) is 0 Å². The Bertz CT molecular complexity index is 528. The summed E-state index contributed by atoms with van der Waals surface area (Å²) in [5, 5.41) is 3.14. The van der Waals surface area contributed by atoms with Crippen molar-refractivity contribution in [2.24, 2.45) is 5.92 Å². The summed E-state index contributed by atoms with van der Waals surface area (Å²) in [4.78, 5) is 11.9. The Labute approximate surface area is 125 Å². The average Bonchev–Trinajstić information content (AvgIpc) is 2.39. The molecule has 1 saturated heterocycles. The number of amides is 1. The summed E-state index contributed by atoms with van der Waals surface area (Å²) >= 11 is 0. The van der Waals surface area contributed by atoms with Gasteiger partial charge in [0.05, 0.1) is 5.75 Å². The zero-order chi connectivity index (χ0) is 13.7. The fourth-order valence-electron chi connectivity index (χ4n) is 2.15. The molecule has 0 radical (unpaired) electrons. The van der Waals surface area contributed by atoms with Crippen LogP contribution in [0.4, 0.5) is 0 Å². The van der Waals surface area contributed by atoms with E-state index in [1.54, 1.807) is 24.3 Å². The summed E-state index contributed by atoms with van der Waals surface area (Å²) in [5.74, 6) is -0.742. The van der Waals surface area contributed by atoms with Gasteiger partial charge in [-0.2, -0.15) is 0 Å². The monoisotopic (exact) mass is 318 g/mol. The van der Waals surface area contributed by atoms with Gasteiger partial charge in [0.2, 0.25) is 15.9 Å². The van der Waals surface area contributed by atoms with E-state index >= 15 is 0 Å². The van der Waals surface area contributed by atoms with Gasteiger partial charge < -0.3 is 5.32 Å². The highest BCUT2D eigenvalue weighted by molar-refractivity contribution is 7.89. The average molecular weight is 319 g/mol. The second-order valence-electron chi connectivity index (χ2n) is 4.74. The summed E-state index contributed by atoms with van der Waals surface area (Å²) in [6, 6.07) is 8.84. The molecule has 0 spiro atoms. The minimum atomic E-state index is -3.60. The third kappa shape index (κ3) is 5.11. The maximum Gasteiger partial charge on any atom is 0.239 e. The number of halogens is 1. The van der Waals surface area contributed by atoms with Gasteiger partial charge in [-0.25, -0.2) is 8.42 Å². The Kier molecular flexibility index (Phi) is 6.45. The van der Waals surface area contributed by atoms with Crippen LogP contribution in [0.1, 0.15) is 18.4 Å². The Hall–Kier alpha value is -1.11. The van der Waals surface area contributed by atoms with Crippen LogP contribution in [-0.2, 0) is 20.6 Å². The molecule has 0 atom stereocenters. The molecular formula is C13H19ClN2O3S. The van der Waals surface area contributed by atoms with Gasteiger partial charge in [0.1, 0.15) is 0 Å². The zero-order valence-electron chi connectivity index (χ0n) is 11.0. The molecule has 1 heterocycles. The number of carbonyl (C=O) groups excluding carboxylic acids is 1. The van der Waals surface area contributed by atoms with Crippen LogP contribution in [0, 0.1) is 5.92 Å². The van der Waals surface area contributed by atoms with Crippen LogP contribution in [0.5, 0.6) is 0 Å². The number of nitrogens with one attached hydrogen (secondary N) is 2. The summed E-state index contributed by atoms with van der Waals surface area (Å²) in [6.07, 6.45) is 1.37. The zero-order valence-corrected chi connectivity index (χ0v) is 12.7. The topological polar surface area (TPSA) is 75.3 Å². The molecule has 2 rings (SSSR count). The van der Waals surface area contributed by atoms with Crippen LogP contribution in [0.2, 0.25) is 0 Å². The lowest BCUT2D eigenvalue weighted by molar-refractivity contribution is -0.123. The van der Waals surface area contributed by atoms with Crippen LogP contribution in [0.3, 0.4) is 0 Å². The third-order valence-corrected chi connectivity index (χ3v) is 4.39. The van der Waals surface area contributed by atoms with E-state index < -0.39 is 10.0 Å². The van der Waals surface area contributed by atoms with Gasteiger partial charge >= 0.3 is 0 Å². The normalized spacial score (nSPS) is 16.2. The van der Waals surface area contributed by atoms with E-state index in [1.165, 1.54) is 0 Å². The lowest BCUT2D eigenvalue weighted by atomic mass is 9.98. The van der Waals surface area contributed by atoms with Crippen molar-refractivity contribution in [2.75, 3.05) is 13.1 Å². The molecule has 0 saturated carbocycles. The molecule has 112 valence electrons. The predicted molar refractivity (Wildman–Crippen MR) is 80.1 cm³/mol. The summed E-state index contributed by atoms with van der Waals surface area (Å²) in [7, 11) is -3.60. The third-order valence-electron chi connectivity index (χ3n) is 3.17. The summed E-state index contributed by atoms with van der Waals surface area (Å²) in [6.45, 7) is 1.52. The number of sulfonamides is 1. The minimum absolute atomic E-state index is 0. The number of carbonyl (C=O) groups is 1. The Balaban J connectivity index is 0.00000200. The molecule has 2 N–H and O–H groups in total. The number of hydrogen-bond donors (Lipinski definition) is 2. The smallest absolute Gasteiger partial charge is 0.239 e. The fraction of sp³-hybridized carbons (Fsp3) is 0.462. The summed E-state index contributed by atoms with van der Waals surface area (Å²) in [5.41, 5.74) is 0.674. The molecule has 0 aromatic heterocycles. The van der Waals surface area contributed by atoms with Gasteiger partial charge in [-0.1, -0.05) is 30.3 Å². The number of hydrogen-bond acceptors (Lipinski definition) is 4. The van der Waals surface area contributed by atoms with E-state index in [2.05, 4.69) is 10.0 Å². The second kappa shape index (κ2) is 7.61. The first-order valence-corrected chi connectivity index (χ1v) is 8.01. The Morgan fingerprint density at radius 2 is 1.80 bits per heavy atom. The fourth-order valence-corrected chi connectivity index (χ4v) is 3.33. The van der Waals surface area contributed by atoms with Crippen molar-refractivity contribution < 1.29 is 13.2 Å². The van der Waals surface area contributed by atoms with Crippen LogP contribution in [0.15, 0.2) is 30.3 Å². The van der Waals surface area contributed by atoms with Crippen LogP contribution in [-0.4, -0.2) is 27.4 Å². The molecule has 1 aromatic rings. The Morgan fingerprint density at radius 1 is 1.20 bits per heavy atom. The summed E-state index contributed by atoms with van der Waals surface area (Å²) < 4.78 is 26.0. The lowest BCUT2D eigenvalue weighted by Crippen LogP contribution is -2.41. The van der Waals surface area contributed by atoms with Gasteiger partial charge in [-0.3, -0.25) is 9.52 Å². The first-order valence-electron chi connectivity index (χ1n) is 6.36. The van der Waals surface area contributed by atoms with E-state index in [0.29, 0.717) is 18.4 Å². The van der Waals surface area contributed by atoms with Crippen LogP contribution >= 0.6 is 12.4 Å². The second-order valence-corrected chi connectivity index (χ2v) is 6.46. The van der Waals surface area contributed by atoms with Crippen molar-refractivity contribution in [3.63, 3.8) is 0 Å². The van der Waals surface area contributed by atoms with Gasteiger partial charge in [-0.05, 0) is 31.5 Å². The van der Waals surface area contributed by atoms with Gasteiger partial charge in [0, 0.05) is 5.92 Å². The maximum atomic E-state index is 11.9. The minimum Gasteiger partial charge on any atom is -0.317 e. The predicted octanol–water partition coefficient (Wildman–Crippen LogP) is 1.05. The number of rotatable bonds is 4. The van der Waals surface area contributed by atoms with Crippen molar-refractivity contribution in [1.82, 2.24) is 10.0 Å². The van der Waals surface area contributed by atoms with E-state index in [9.17, 15) is 13.2 Å². The molecule has 7 heteroatoms. The molecule has 0 aliphatic carbocycles. The van der Waals surface area contributed by atoms with Crippen LogP contribution in [0.25, 0.3) is 0 Å². The molecule has 0 unspecified atom stereocenters. The number of benzene rings is 1. The van der Waals surface area contributed by atoms with Gasteiger partial charge in [-0.15, -0.1) is 12.4 Å². The molecule has 0 bridgehead atoms. The van der Waals surface area contributed by atoms with Crippen molar-refractivity contribution in [1.29, 1.82) is 0 Å². The van der Waals surface area contributed by atoms with Gasteiger partial charge in [0.15, 0.2) is 0 Å². The van der Waals surface area contributed by atoms with E-state index in [1.807, 2.05) is 6.07 Å². The van der Waals surface area contributed by atoms with E-state index in [0.717, 1.165) is 13.1 Å². The molecule has 1 fully saturated rings. The van der Waals surface area contributed by atoms with Crippen LogP contribution < -0.4 is 10.0 Å². The molecule has 20 heavy (non-hydrogen) atoms. The highest BCUT2D eigenvalue weighted by atomic mass is 35.5. The largest absolute Gasteiger partial charge is 0.317 e. The first-order chi connectivity index (χ1) is 9.07. The molecule has 1 aromatic carbocycles. The molecule has 1 aliphatic heterocycles. The van der Waals surface area contributed by atoms with Crippen molar-refractivity contribution >= 4 is 28.3 Å². The highest BCUT2D eigenvalue weighted by Gasteiger charge is 2.24. The van der Waals surface area contributed by atoms with Gasteiger partial charge in [0.25, 0.3) is 0 Å². The molecular weight excluding hydrogens is 300 g/mol. The standard InChI is InChI=1S/C13H18N2O3S.ClH/c16-13(12-6-8-14-9-7-12)15-19(17,18)10-11-4-2-1-3-5-11;/h1-5,12,14H,6-10H2,(H,15,16);1H. The van der Waals surface area contributed by atoms with Crippen molar-refractivity contribution in [3.8, 4) is 0 Å². The Morgan fingerprint density at radius 3 is 2.40 bits per heavy atom. The van der Waals surface area contributed by atoms with E-state index in [-0.39, 0.29) is 30.0 Å². The molecule has 1 aliphatic rings. The van der Waals surface area contributed by atoms with Crippen molar-refractivity contribution in [2.45, 2.75) is 18.6 Å². The lowest BCUT2D eigenvalue weighted by Gasteiger charge is -2.21. The van der Waals surface area contributed by atoms with Crippen molar-refractivity contribution in [3.05, 3.63) is 35.9 Å². The molecule has 5 nitrogen and oxygen atoms in total. The number of piperidine rings is 1. The SMILES string of the molecule is Cl.O=C(NS(=O)(=O)Cc1ccccc1)C1CCNCC1. The first kappa shape index (κ1) is 16.9. The maximum absolute atomic E-state index is 11.9. The quantitative estimate of drug-likeness (QED) is 0.870. The molecule has 1 amide bonds. The highest BCUT2D eigenvalue weighted by Crippen LogP contribution is 2.12.